The Hall–Kier alpha value is -1.73. The molecule has 0 radical (unpaired) electrons. The lowest BCUT2D eigenvalue weighted by atomic mass is 10.1. The lowest BCUT2D eigenvalue weighted by Gasteiger charge is -2.16. The summed E-state index contributed by atoms with van der Waals surface area (Å²) in [5.41, 5.74) is 8.47. The molecule has 1 amide bonds. The molecule has 1 aliphatic rings. The first kappa shape index (κ1) is 22.6. The summed E-state index contributed by atoms with van der Waals surface area (Å²) in [5, 5.41) is 0. The van der Waals surface area contributed by atoms with Crippen LogP contribution in [0, 0.1) is 5.92 Å². The summed E-state index contributed by atoms with van der Waals surface area (Å²) >= 11 is 1.73. The summed E-state index contributed by atoms with van der Waals surface area (Å²) in [4.78, 5) is 20.2. The van der Waals surface area contributed by atoms with Gasteiger partial charge < -0.3 is 15.0 Å². The van der Waals surface area contributed by atoms with Crippen molar-refractivity contribution >= 4 is 48.1 Å². The molecule has 0 saturated carbocycles. The Labute approximate surface area is 181 Å². The minimum atomic E-state index is 0. The van der Waals surface area contributed by atoms with Gasteiger partial charge in [0.25, 0.3) is 5.91 Å². The molecule has 8 heteroatoms. The fourth-order valence-electron chi connectivity index (χ4n) is 3.30. The molecule has 3 aromatic rings. The predicted molar refractivity (Wildman–Crippen MR) is 119 cm³/mol. The molecule has 0 aliphatic carbocycles. The van der Waals surface area contributed by atoms with E-state index < -0.39 is 0 Å². The highest BCUT2D eigenvalue weighted by atomic mass is 35.5. The molecule has 1 aliphatic heterocycles. The number of hydrogen-bond donors (Lipinski definition) is 1. The standard InChI is InChI=1S/C20H22N4OS.2ClH/c21-11-15-8-10-24(12-15)20(25)16-4-6-18(7-5-16)26-14-17-13-23-9-2-1-3-19(23)22-17;;/h1-7,9,13,15H,8,10-12,14,21H2;2*1H. The van der Waals surface area contributed by atoms with Gasteiger partial charge in [-0.15, -0.1) is 36.6 Å². The minimum absolute atomic E-state index is 0. The Balaban J connectivity index is 0.00000140. The van der Waals surface area contributed by atoms with Crippen molar-refractivity contribution in [2.24, 2.45) is 11.7 Å². The maximum Gasteiger partial charge on any atom is 0.253 e. The topological polar surface area (TPSA) is 63.6 Å². The van der Waals surface area contributed by atoms with E-state index in [4.69, 9.17) is 5.73 Å². The normalized spacial score (nSPS) is 15.9. The molecule has 150 valence electrons. The molecular formula is C20H24Cl2N4OS. The first-order valence-corrected chi connectivity index (χ1v) is 9.86. The molecule has 2 N–H and O–H groups in total. The van der Waals surface area contributed by atoms with Gasteiger partial charge in [0.15, 0.2) is 0 Å². The molecule has 1 unspecified atom stereocenters. The third kappa shape index (κ3) is 5.00. The van der Waals surface area contributed by atoms with Crippen LogP contribution in [0.3, 0.4) is 0 Å². The van der Waals surface area contributed by atoms with Crippen molar-refractivity contribution in [3.63, 3.8) is 0 Å². The Morgan fingerprint density at radius 3 is 2.64 bits per heavy atom. The third-order valence-corrected chi connectivity index (χ3v) is 5.85. The summed E-state index contributed by atoms with van der Waals surface area (Å²) < 4.78 is 2.03. The van der Waals surface area contributed by atoms with Gasteiger partial charge in [-0.25, -0.2) is 4.98 Å². The van der Waals surface area contributed by atoms with E-state index >= 15 is 0 Å². The van der Waals surface area contributed by atoms with Crippen LogP contribution in [0.4, 0.5) is 0 Å². The van der Waals surface area contributed by atoms with Crippen molar-refractivity contribution < 1.29 is 4.79 Å². The molecule has 28 heavy (non-hydrogen) atoms. The number of nitrogens with two attached hydrogens (primary N) is 1. The lowest BCUT2D eigenvalue weighted by molar-refractivity contribution is 0.0787. The largest absolute Gasteiger partial charge is 0.338 e. The number of aromatic nitrogens is 2. The number of halogens is 2. The van der Waals surface area contributed by atoms with E-state index in [9.17, 15) is 4.79 Å². The molecule has 1 saturated heterocycles. The maximum absolute atomic E-state index is 12.6. The molecular weight excluding hydrogens is 415 g/mol. The minimum Gasteiger partial charge on any atom is -0.338 e. The quantitative estimate of drug-likeness (QED) is 0.613. The van der Waals surface area contributed by atoms with E-state index in [0.717, 1.165) is 47.1 Å². The molecule has 1 atom stereocenters. The average molecular weight is 439 g/mol. The second-order valence-electron chi connectivity index (χ2n) is 6.65. The predicted octanol–water partition coefficient (Wildman–Crippen LogP) is 3.89. The third-order valence-electron chi connectivity index (χ3n) is 4.81. The number of benzene rings is 1. The molecule has 2 aromatic heterocycles. The molecule has 3 heterocycles. The fraction of sp³-hybridized carbons (Fsp3) is 0.300. The number of rotatable bonds is 5. The van der Waals surface area contributed by atoms with E-state index in [1.54, 1.807) is 11.8 Å². The van der Waals surface area contributed by atoms with Gasteiger partial charge in [0, 0.05) is 41.7 Å². The number of amides is 1. The van der Waals surface area contributed by atoms with Gasteiger partial charge >= 0.3 is 0 Å². The number of hydrogen-bond acceptors (Lipinski definition) is 4. The molecule has 0 spiro atoms. The van der Waals surface area contributed by atoms with Crippen LogP contribution in [0.2, 0.25) is 0 Å². The van der Waals surface area contributed by atoms with Gasteiger partial charge in [0.05, 0.1) is 5.69 Å². The van der Waals surface area contributed by atoms with Crippen molar-refractivity contribution in [1.82, 2.24) is 14.3 Å². The van der Waals surface area contributed by atoms with Gasteiger partial charge in [0.2, 0.25) is 0 Å². The van der Waals surface area contributed by atoms with Crippen LogP contribution in [0.25, 0.3) is 5.65 Å². The van der Waals surface area contributed by atoms with Gasteiger partial charge in [-0.2, -0.15) is 0 Å². The smallest absolute Gasteiger partial charge is 0.253 e. The number of imidazole rings is 1. The number of nitrogens with zero attached hydrogens (tertiary/aromatic N) is 3. The van der Waals surface area contributed by atoms with Crippen molar-refractivity contribution in [1.29, 1.82) is 0 Å². The highest BCUT2D eigenvalue weighted by molar-refractivity contribution is 7.98. The zero-order valence-corrected chi connectivity index (χ0v) is 17.8. The maximum atomic E-state index is 12.6. The Kier molecular flexibility index (Phi) is 8.19. The van der Waals surface area contributed by atoms with Gasteiger partial charge in [-0.05, 0) is 55.3 Å². The second kappa shape index (κ2) is 10.2. The number of thioether (sulfide) groups is 1. The summed E-state index contributed by atoms with van der Waals surface area (Å²) in [6.07, 6.45) is 5.07. The number of fused-ring (bicyclic) bond motifs is 1. The summed E-state index contributed by atoms with van der Waals surface area (Å²) in [6.45, 7) is 2.24. The Bertz CT molecular complexity index is 883. The van der Waals surface area contributed by atoms with Crippen LogP contribution >= 0.6 is 36.6 Å². The lowest BCUT2D eigenvalue weighted by Crippen LogP contribution is -2.29. The summed E-state index contributed by atoms with van der Waals surface area (Å²) in [5.74, 6) is 1.36. The van der Waals surface area contributed by atoms with Crippen molar-refractivity contribution in [3.05, 3.63) is 66.1 Å². The van der Waals surface area contributed by atoms with Gasteiger partial charge in [-0.3, -0.25) is 4.79 Å². The van der Waals surface area contributed by atoms with E-state index in [1.165, 1.54) is 0 Å². The first-order valence-electron chi connectivity index (χ1n) is 8.88. The van der Waals surface area contributed by atoms with E-state index in [0.29, 0.717) is 12.5 Å². The van der Waals surface area contributed by atoms with E-state index in [1.807, 2.05) is 58.0 Å². The molecule has 1 aromatic carbocycles. The average Bonchev–Trinajstić information content (AvgIpc) is 3.32. The van der Waals surface area contributed by atoms with Crippen LogP contribution in [0.15, 0.2) is 59.8 Å². The zero-order valence-electron chi connectivity index (χ0n) is 15.4. The van der Waals surface area contributed by atoms with Crippen LogP contribution in [-0.2, 0) is 5.75 Å². The van der Waals surface area contributed by atoms with Crippen LogP contribution < -0.4 is 5.73 Å². The Morgan fingerprint density at radius 2 is 1.96 bits per heavy atom. The zero-order chi connectivity index (χ0) is 17.9. The number of likely N-dealkylation sites (tertiary alicyclic amines) is 1. The number of carbonyl (C=O) groups is 1. The number of pyridine rings is 1. The molecule has 5 nitrogen and oxygen atoms in total. The highest BCUT2D eigenvalue weighted by Crippen LogP contribution is 2.24. The summed E-state index contributed by atoms with van der Waals surface area (Å²) in [7, 11) is 0. The van der Waals surface area contributed by atoms with Crippen molar-refractivity contribution in [2.75, 3.05) is 19.6 Å². The van der Waals surface area contributed by atoms with Crippen LogP contribution in [0.1, 0.15) is 22.5 Å². The molecule has 1 fully saturated rings. The van der Waals surface area contributed by atoms with Crippen LogP contribution in [0.5, 0.6) is 0 Å². The van der Waals surface area contributed by atoms with Crippen molar-refractivity contribution in [3.8, 4) is 0 Å². The fourth-order valence-corrected chi connectivity index (χ4v) is 4.08. The van der Waals surface area contributed by atoms with E-state index in [-0.39, 0.29) is 30.7 Å². The monoisotopic (exact) mass is 438 g/mol. The molecule has 0 bridgehead atoms. The van der Waals surface area contributed by atoms with Crippen molar-refractivity contribution in [2.45, 2.75) is 17.1 Å². The number of carbonyl (C=O) groups excluding carboxylic acids is 1. The summed E-state index contributed by atoms with van der Waals surface area (Å²) in [6, 6.07) is 13.9. The SMILES string of the molecule is Cl.Cl.NCC1CCN(C(=O)c2ccc(SCc3cn4ccccc4n3)cc2)C1. The Morgan fingerprint density at radius 1 is 1.18 bits per heavy atom. The van der Waals surface area contributed by atoms with E-state index in [2.05, 4.69) is 11.2 Å². The van der Waals surface area contributed by atoms with Gasteiger partial charge in [-0.1, -0.05) is 6.07 Å². The van der Waals surface area contributed by atoms with Crippen LogP contribution in [-0.4, -0.2) is 39.8 Å². The second-order valence-corrected chi connectivity index (χ2v) is 7.70. The first-order chi connectivity index (χ1) is 12.7. The van der Waals surface area contributed by atoms with Gasteiger partial charge in [0.1, 0.15) is 5.65 Å². The highest BCUT2D eigenvalue weighted by Gasteiger charge is 2.25. The molecule has 4 rings (SSSR count).